The molecule has 0 saturated carbocycles. The molecule has 0 spiro atoms. The summed E-state index contributed by atoms with van der Waals surface area (Å²) in [5.74, 6) is 1.61. The van der Waals surface area contributed by atoms with Crippen molar-refractivity contribution < 1.29 is 44.5 Å². The predicted molar refractivity (Wildman–Crippen MR) is 102 cm³/mol. The van der Waals surface area contributed by atoms with E-state index in [-0.39, 0.29) is 18.3 Å². The van der Waals surface area contributed by atoms with Crippen LogP contribution < -0.4 is 14.2 Å². The summed E-state index contributed by atoms with van der Waals surface area (Å²) in [6.45, 7) is -0.338. The highest BCUT2D eigenvalue weighted by molar-refractivity contribution is 5.45. The van der Waals surface area contributed by atoms with E-state index in [1.54, 1.807) is 12.1 Å². The average Bonchev–Trinajstić information content (AvgIpc) is 3.20. The fourth-order valence-electron chi connectivity index (χ4n) is 3.54. The number of hydrogen-bond donors (Lipinski definition) is 5. The van der Waals surface area contributed by atoms with Gasteiger partial charge in [-0.3, -0.25) is 0 Å². The van der Waals surface area contributed by atoms with Crippen LogP contribution in [0.15, 0.2) is 36.4 Å². The molecule has 162 valence electrons. The van der Waals surface area contributed by atoms with Crippen LogP contribution >= 0.6 is 0 Å². The molecule has 0 bridgehead atoms. The predicted octanol–water partition coefficient (Wildman–Crippen LogP) is 0.0848. The fourth-order valence-corrected chi connectivity index (χ4v) is 3.54. The summed E-state index contributed by atoms with van der Waals surface area (Å²) in [5, 5.41) is 49.2. The highest BCUT2D eigenvalue weighted by atomic mass is 16.7. The lowest BCUT2D eigenvalue weighted by atomic mass is 9.99. The Hall–Kier alpha value is -2.56. The van der Waals surface area contributed by atoms with Crippen LogP contribution in [0.1, 0.15) is 11.1 Å². The second-order valence-electron chi connectivity index (χ2n) is 7.34. The van der Waals surface area contributed by atoms with Gasteiger partial charge in [-0.2, -0.15) is 0 Å². The number of aliphatic hydroxyl groups is 4. The topological polar surface area (TPSA) is 138 Å². The number of fused-ring (bicyclic) bond motifs is 1. The first-order valence-electron chi connectivity index (χ1n) is 9.63. The molecule has 2 heterocycles. The van der Waals surface area contributed by atoms with Crippen molar-refractivity contribution >= 4 is 0 Å². The van der Waals surface area contributed by atoms with Gasteiger partial charge in [0, 0.05) is 6.07 Å². The summed E-state index contributed by atoms with van der Waals surface area (Å²) in [7, 11) is 0. The molecule has 2 aliphatic heterocycles. The van der Waals surface area contributed by atoms with Gasteiger partial charge in [0.05, 0.1) is 6.61 Å². The van der Waals surface area contributed by atoms with Crippen LogP contribution in [0.3, 0.4) is 0 Å². The molecule has 1 saturated heterocycles. The minimum Gasteiger partial charge on any atom is -0.508 e. The molecule has 2 aromatic rings. The van der Waals surface area contributed by atoms with E-state index in [0.717, 1.165) is 11.1 Å². The molecule has 2 aromatic carbocycles. The van der Waals surface area contributed by atoms with E-state index >= 15 is 0 Å². The smallest absolute Gasteiger partial charge is 0.231 e. The summed E-state index contributed by atoms with van der Waals surface area (Å²) in [6, 6.07) is 10.4. The minimum atomic E-state index is -1.54. The van der Waals surface area contributed by atoms with Gasteiger partial charge in [0.1, 0.15) is 35.9 Å². The molecule has 0 aliphatic carbocycles. The second-order valence-corrected chi connectivity index (χ2v) is 7.34. The average molecular weight is 420 g/mol. The zero-order valence-corrected chi connectivity index (χ0v) is 16.0. The molecule has 30 heavy (non-hydrogen) atoms. The van der Waals surface area contributed by atoms with Gasteiger partial charge in [0.15, 0.2) is 11.5 Å². The first-order valence-corrected chi connectivity index (χ1v) is 9.63. The highest BCUT2D eigenvalue weighted by Crippen LogP contribution is 2.33. The molecule has 4 rings (SSSR count). The lowest BCUT2D eigenvalue weighted by Gasteiger charge is -2.39. The van der Waals surface area contributed by atoms with E-state index in [9.17, 15) is 25.5 Å². The van der Waals surface area contributed by atoms with E-state index in [1.165, 1.54) is 6.07 Å². The van der Waals surface area contributed by atoms with Crippen LogP contribution in [0.25, 0.3) is 0 Å². The van der Waals surface area contributed by atoms with Crippen LogP contribution in [0.5, 0.6) is 23.0 Å². The Morgan fingerprint density at radius 3 is 2.43 bits per heavy atom. The molecular formula is C21H24O9. The quantitative estimate of drug-likeness (QED) is 0.440. The summed E-state index contributed by atoms with van der Waals surface area (Å²) < 4.78 is 21.6. The van der Waals surface area contributed by atoms with Gasteiger partial charge >= 0.3 is 0 Å². The summed E-state index contributed by atoms with van der Waals surface area (Å²) >= 11 is 0. The minimum absolute atomic E-state index is 0.0298. The molecule has 2 aliphatic rings. The Morgan fingerprint density at radius 1 is 0.867 bits per heavy atom. The molecule has 5 N–H and O–H groups in total. The maximum absolute atomic E-state index is 10.1. The molecular weight excluding hydrogens is 396 g/mol. The van der Waals surface area contributed by atoms with Gasteiger partial charge in [-0.05, 0) is 48.2 Å². The van der Waals surface area contributed by atoms with Crippen molar-refractivity contribution in [2.75, 3.05) is 13.4 Å². The van der Waals surface area contributed by atoms with Gasteiger partial charge in [-0.25, -0.2) is 0 Å². The summed E-state index contributed by atoms with van der Waals surface area (Å²) in [4.78, 5) is 0. The Balaban J connectivity index is 1.44. The third kappa shape index (κ3) is 4.30. The van der Waals surface area contributed by atoms with Crippen LogP contribution in [0, 0.1) is 0 Å². The Labute approximate surface area is 172 Å². The number of phenols is 1. The van der Waals surface area contributed by atoms with Crippen LogP contribution in [-0.2, 0) is 17.6 Å². The number of hydrogen-bond acceptors (Lipinski definition) is 9. The Kier molecular flexibility index (Phi) is 5.98. The van der Waals surface area contributed by atoms with Gasteiger partial charge in [-0.15, -0.1) is 0 Å². The molecule has 0 unspecified atom stereocenters. The first-order chi connectivity index (χ1) is 14.4. The molecule has 0 aromatic heterocycles. The monoisotopic (exact) mass is 420 g/mol. The van der Waals surface area contributed by atoms with E-state index in [0.29, 0.717) is 24.3 Å². The fraction of sp³-hybridized carbons (Fsp3) is 0.429. The number of aromatic hydroxyl groups is 1. The van der Waals surface area contributed by atoms with Crippen molar-refractivity contribution in [1.29, 1.82) is 0 Å². The van der Waals surface area contributed by atoms with Gasteiger partial charge in [-0.1, -0.05) is 6.07 Å². The SMILES string of the molecule is OC[C@H]1O[C@@H](Oc2cc(O)cc(CCc3ccc4c(c3)OCO4)c2)[C@H](O)[C@@H](O)[C@@H]1O. The van der Waals surface area contributed by atoms with Crippen molar-refractivity contribution in [2.24, 2.45) is 0 Å². The molecule has 1 fully saturated rings. The van der Waals surface area contributed by atoms with Gasteiger partial charge < -0.3 is 44.5 Å². The molecule has 0 radical (unpaired) electrons. The standard InChI is InChI=1S/C21H24O9/c22-9-17-18(24)19(25)20(26)21(30-17)29-14-6-12(5-13(23)8-14)2-1-11-3-4-15-16(7-11)28-10-27-15/h3-8,17-26H,1-2,9-10H2/t17-,18-,19+,20-,21-/m1/s1. The van der Waals surface area contributed by atoms with Crippen LogP contribution in [-0.4, -0.2) is 69.6 Å². The largest absolute Gasteiger partial charge is 0.508 e. The molecule has 9 heteroatoms. The lowest BCUT2D eigenvalue weighted by molar-refractivity contribution is -0.277. The maximum atomic E-state index is 10.1. The van der Waals surface area contributed by atoms with Crippen LogP contribution in [0.2, 0.25) is 0 Å². The zero-order valence-electron chi connectivity index (χ0n) is 16.0. The molecule has 9 nitrogen and oxygen atoms in total. The maximum Gasteiger partial charge on any atom is 0.231 e. The van der Waals surface area contributed by atoms with Gasteiger partial charge in [0.2, 0.25) is 13.1 Å². The number of benzene rings is 2. The van der Waals surface area contributed by atoms with Gasteiger partial charge in [0.25, 0.3) is 0 Å². The van der Waals surface area contributed by atoms with Crippen LogP contribution in [0.4, 0.5) is 0 Å². The third-order valence-corrected chi connectivity index (χ3v) is 5.19. The van der Waals surface area contributed by atoms with Crippen molar-refractivity contribution in [1.82, 2.24) is 0 Å². The van der Waals surface area contributed by atoms with E-state index in [1.807, 2.05) is 18.2 Å². The van der Waals surface area contributed by atoms with Crippen molar-refractivity contribution in [3.05, 3.63) is 47.5 Å². The third-order valence-electron chi connectivity index (χ3n) is 5.19. The number of aliphatic hydroxyl groups excluding tert-OH is 4. The molecule has 5 atom stereocenters. The van der Waals surface area contributed by atoms with E-state index < -0.39 is 37.3 Å². The number of phenolic OH excluding ortho intramolecular Hbond substituents is 1. The Morgan fingerprint density at radius 2 is 1.63 bits per heavy atom. The number of ether oxygens (including phenoxy) is 4. The number of rotatable bonds is 6. The number of aryl methyl sites for hydroxylation is 2. The van der Waals surface area contributed by atoms with E-state index in [4.69, 9.17) is 18.9 Å². The summed E-state index contributed by atoms with van der Waals surface area (Å²) in [6.07, 6.45) is -5.64. The van der Waals surface area contributed by atoms with E-state index in [2.05, 4.69) is 0 Å². The van der Waals surface area contributed by atoms with Crippen molar-refractivity contribution in [3.63, 3.8) is 0 Å². The van der Waals surface area contributed by atoms with Crippen molar-refractivity contribution in [3.8, 4) is 23.0 Å². The highest BCUT2D eigenvalue weighted by Gasteiger charge is 2.44. The summed E-state index contributed by atoms with van der Waals surface area (Å²) in [5.41, 5.74) is 1.83. The first kappa shape index (κ1) is 20.7. The Bertz CT molecular complexity index is 885. The lowest BCUT2D eigenvalue weighted by Crippen LogP contribution is -2.60. The van der Waals surface area contributed by atoms with Crippen molar-refractivity contribution in [2.45, 2.75) is 43.5 Å². The zero-order chi connectivity index (χ0) is 21.3. The second kappa shape index (κ2) is 8.66. The molecule has 0 amide bonds. The normalized spacial score (nSPS) is 27.8.